The Morgan fingerprint density at radius 2 is 2.00 bits per heavy atom. The summed E-state index contributed by atoms with van der Waals surface area (Å²) in [4.78, 5) is 24.7. The van der Waals surface area contributed by atoms with Crippen LogP contribution in [0.4, 0.5) is 4.79 Å². The number of hydrogen-bond donors (Lipinski definition) is 2. The number of hydrogen-bond acceptors (Lipinski definition) is 5. The molecular formula is C15H28N2O4S. The second kappa shape index (κ2) is 7.55. The molecule has 1 unspecified atom stereocenters. The number of thioether (sulfide) groups is 1. The molecule has 0 aliphatic carbocycles. The van der Waals surface area contributed by atoms with Crippen molar-refractivity contribution in [2.45, 2.75) is 58.2 Å². The van der Waals surface area contributed by atoms with Gasteiger partial charge in [-0.05, 0) is 33.4 Å². The highest BCUT2D eigenvalue weighted by molar-refractivity contribution is 7.99. The zero-order valence-corrected chi connectivity index (χ0v) is 15.0. The van der Waals surface area contributed by atoms with Gasteiger partial charge in [-0.25, -0.2) is 4.79 Å². The average Bonchev–Trinajstić information content (AvgIpc) is 2.29. The van der Waals surface area contributed by atoms with Gasteiger partial charge in [0.25, 0.3) is 0 Å². The maximum atomic E-state index is 12.0. The molecule has 1 atom stereocenters. The van der Waals surface area contributed by atoms with Gasteiger partial charge in [-0.15, -0.1) is 0 Å². The molecule has 0 bridgehead atoms. The molecule has 1 aliphatic heterocycles. The minimum atomic E-state index is -0.855. The molecule has 22 heavy (non-hydrogen) atoms. The maximum Gasteiger partial charge on any atom is 0.410 e. The van der Waals surface area contributed by atoms with E-state index in [4.69, 9.17) is 9.84 Å². The van der Waals surface area contributed by atoms with E-state index in [2.05, 4.69) is 12.2 Å². The summed E-state index contributed by atoms with van der Waals surface area (Å²) in [6, 6.07) is 0.199. The Kier molecular flexibility index (Phi) is 6.55. The van der Waals surface area contributed by atoms with Gasteiger partial charge < -0.3 is 20.1 Å². The Balaban J connectivity index is 2.59. The number of nitrogens with one attached hydrogen (secondary N) is 1. The second-order valence-corrected chi connectivity index (χ2v) is 8.21. The van der Waals surface area contributed by atoms with Gasteiger partial charge in [0.2, 0.25) is 0 Å². The van der Waals surface area contributed by atoms with Crippen molar-refractivity contribution in [2.75, 3.05) is 24.6 Å². The molecule has 1 fully saturated rings. The molecule has 7 heteroatoms. The van der Waals surface area contributed by atoms with Gasteiger partial charge in [0.1, 0.15) is 5.60 Å². The van der Waals surface area contributed by atoms with Gasteiger partial charge >= 0.3 is 12.1 Å². The number of carboxylic acid groups (broad SMARTS) is 1. The highest BCUT2D eigenvalue weighted by Crippen LogP contribution is 2.27. The van der Waals surface area contributed by atoms with Crippen molar-refractivity contribution >= 4 is 23.8 Å². The molecule has 0 spiro atoms. The van der Waals surface area contributed by atoms with Gasteiger partial charge in [0.05, 0.1) is 12.0 Å². The lowest BCUT2D eigenvalue weighted by Crippen LogP contribution is -2.72. The van der Waals surface area contributed by atoms with Gasteiger partial charge in [0.15, 0.2) is 0 Å². The Hall–Kier alpha value is -0.950. The first kappa shape index (κ1) is 19.1. The van der Waals surface area contributed by atoms with E-state index in [1.165, 1.54) is 0 Å². The highest BCUT2D eigenvalue weighted by atomic mass is 32.2. The third-order valence-electron chi connectivity index (χ3n) is 3.25. The Morgan fingerprint density at radius 1 is 1.41 bits per heavy atom. The minimum Gasteiger partial charge on any atom is -0.481 e. The number of carbonyl (C=O) groups is 2. The van der Waals surface area contributed by atoms with Crippen molar-refractivity contribution in [1.29, 1.82) is 0 Å². The number of amides is 1. The van der Waals surface area contributed by atoms with Crippen LogP contribution in [0, 0.1) is 0 Å². The van der Waals surface area contributed by atoms with E-state index in [0.29, 0.717) is 13.1 Å². The summed E-state index contributed by atoms with van der Waals surface area (Å²) in [6.45, 7) is 10.3. The Morgan fingerprint density at radius 3 is 2.45 bits per heavy atom. The first-order valence-electron chi connectivity index (χ1n) is 7.62. The van der Waals surface area contributed by atoms with E-state index in [1.807, 2.05) is 39.5 Å². The zero-order valence-electron chi connectivity index (χ0n) is 14.1. The number of likely N-dealkylation sites (tertiary alicyclic amines) is 1. The molecule has 0 radical (unpaired) electrons. The lowest BCUT2D eigenvalue weighted by molar-refractivity contribution is -0.141. The van der Waals surface area contributed by atoms with Crippen LogP contribution >= 0.6 is 11.8 Å². The summed E-state index contributed by atoms with van der Waals surface area (Å²) in [7, 11) is 0. The first-order valence-corrected chi connectivity index (χ1v) is 8.77. The van der Waals surface area contributed by atoms with Crippen molar-refractivity contribution in [3.05, 3.63) is 0 Å². The predicted octanol–water partition coefficient (Wildman–Crippen LogP) is 2.18. The van der Waals surface area contributed by atoms with Crippen LogP contribution in [0.5, 0.6) is 0 Å². The molecule has 1 amide bonds. The number of carboxylic acids is 1. The normalized spacial score (nSPS) is 18.5. The zero-order chi connectivity index (χ0) is 17.0. The SMILES string of the molecule is CCSCC(C)NC1(CC(=O)O)CN(C(=O)OC(C)(C)C)C1. The van der Waals surface area contributed by atoms with E-state index in [-0.39, 0.29) is 18.6 Å². The number of rotatable bonds is 7. The minimum absolute atomic E-state index is 0.00737. The van der Waals surface area contributed by atoms with Crippen molar-refractivity contribution < 1.29 is 19.4 Å². The predicted molar refractivity (Wildman–Crippen MR) is 88.4 cm³/mol. The van der Waals surface area contributed by atoms with Crippen LogP contribution in [0.25, 0.3) is 0 Å². The third-order valence-corrected chi connectivity index (χ3v) is 4.40. The molecule has 6 nitrogen and oxygen atoms in total. The highest BCUT2D eigenvalue weighted by Gasteiger charge is 2.48. The lowest BCUT2D eigenvalue weighted by Gasteiger charge is -2.51. The summed E-state index contributed by atoms with van der Waals surface area (Å²) in [5.74, 6) is 1.10. The van der Waals surface area contributed by atoms with Crippen LogP contribution in [0.3, 0.4) is 0 Å². The molecule has 0 saturated carbocycles. The van der Waals surface area contributed by atoms with Crippen molar-refractivity contribution in [3.63, 3.8) is 0 Å². The Bertz CT molecular complexity index is 403. The fraction of sp³-hybridized carbons (Fsp3) is 0.867. The van der Waals surface area contributed by atoms with E-state index < -0.39 is 17.1 Å². The summed E-state index contributed by atoms with van der Waals surface area (Å²) < 4.78 is 5.32. The van der Waals surface area contributed by atoms with E-state index in [0.717, 1.165) is 11.5 Å². The number of nitrogens with zero attached hydrogens (tertiary/aromatic N) is 1. The summed E-state index contributed by atoms with van der Waals surface area (Å²) in [6.07, 6.45) is -0.376. The number of aliphatic carboxylic acids is 1. The fourth-order valence-electron chi connectivity index (χ4n) is 2.54. The molecule has 1 rings (SSSR count). The molecule has 0 aromatic carbocycles. The number of ether oxygens (including phenoxy) is 1. The van der Waals surface area contributed by atoms with Crippen LogP contribution in [-0.2, 0) is 9.53 Å². The van der Waals surface area contributed by atoms with Gasteiger partial charge in [0, 0.05) is 24.9 Å². The van der Waals surface area contributed by atoms with Crippen LogP contribution in [0.1, 0.15) is 41.0 Å². The quantitative estimate of drug-likeness (QED) is 0.744. The molecule has 1 saturated heterocycles. The molecule has 128 valence electrons. The van der Waals surface area contributed by atoms with Crippen molar-refractivity contribution in [2.24, 2.45) is 0 Å². The van der Waals surface area contributed by atoms with E-state index >= 15 is 0 Å². The number of carbonyl (C=O) groups excluding carboxylic acids is 1. The maximum absolute atomic E-state index is 12.0. The van der Waals surface area contributed by atoms with Gasteiger partial charge in [-0.2, -0.15) is 11.8 Å². The smallest absolute Gasteiger partial charge is 0.410 e. The summed E-state index contributed by atoms with van der Waals surface area (Å²) >= 11 is 1.81. The Labute approximate surface area is 137 Å². The van der Waals surface area contributed by atoms with Crippen LogP contribution in [0.15, 0.2) is 0 Å². The fourth-order valence-corrected chi connectivity index (χ4v) is 3.22. The van der Waals surface area contributed by atoms with Crippen LogP contribution in [0.2, 0.25) is 0 Å². The molecule has 0 aromatic heterocycles. The summed E-state index contributed by atoms with van der Waals surface area (Å²) in [5, 5.41) is 12.5. The van der Waals surface area contributed by atoms with Crippen molar-refractivity contribution in [1.82, 2.24) is 10.2 Å². The van der Waals surface area contributed by atoms with Crippen LogP contribution in [-0.4, -0.2) is 63.8 Å². The monoisotopic (exact) mass is 332 g/mol. The molecule has 1 aliphatic rings. The largest absolute Gasteiger partial charge is 0.481 e. The molecular weight excluding hydrogens is 304 g/mol. The van der Waals surface area contributed by atoms with Gasteiger partial charge in [-0.1, -0.05) is 6.92 Å². The summed E-state index contributed by atoms with van der Waals surface area (Å²) in [5.41, 5.74) is -1.09. The van der Waals surface area contributed by atoms with E-state index in [1.54, 1.807) is 4.90 Å². The molecule has 0 aromatic rings. The average molecular weight is 332 g/mol. The van der Waals surface area contributed by atoms with Gasteiger partial charge in [-0.3, -0.25) is 4.79 Å². The standard InChI is InChI=1S/C15H28N2O4S/c1-6-22-8-11(2)16-15(7-12(18)19)9-17(10-15)13(20)21-14(3,4)5/h11,16H,6-10H2,1-5H3,(H,18,19). The molecule has 1 heterocycles. The third kappa shape index (κ3) is 6.04. The first-order chi connectivity index (χ1) is 10.1. The molecule has 2 N–H and O–H groups in total. The lowest BCUT2D eigenvalue weighted by atomic mass is 9.85. The van der Waals surface area contributed by atoms with E-state index in [9.17, 15) is 9.59 Å². The van der Waals surface area contributed by atoms with Crippen molar-refractivity contribution in [3.8, 4) is 0 Å². The second-order valence-electron chi connectivity index (χ2n) is 6.89. The van der Waals surface area contributed by atoms with Crippen LogP contribution < -0.4 is 5.32 Å². The topological polar surface area (TPSA) is 78.9 Å².